The monoisotopic (exact) mass is 230 g/mol. The van der Waals surface area contributed by atoms with Crippen LogP contribution in [0.5, 0.6) is 5.75 Å². The molecule has 3 heterocycles. The van der Waals surface area contributed by atoms with Gasteiger partial charge in [-0.15, -0.1) is 0 Å². The zero-order chi connectivity index (χ0) is 11.3. The predicted molar refractivity (Wildman–Crippen MR) is 65.1 cm³/mol. The number of aromatic nitrogens is 1. The Balaban J connectivity index is 1.53. The van der Waals surface area contributed by atoms with E-state index in [4.69, 9.17) is 4.74 Å². The van der Waals surface area contributed by atoms with Crippen LogP contribution in [0.2, 0.25) is 0 Å². The first-order chi connectivity index (χ1) is 8.29. The third-order valence-electron chi connectivity index (χ3n) is 4.77. The molecule has 4 rings (SSSR count). The molecule has 1 saturated heterocycles. The normalized spacial score (nSPS) is 27.5. The molecule has 0 amide bonds. The van der Waals surface area contributed by atoms with Gasteiger partial charge in [-0.05, 0) is 50.3 Å². The highest BCUT2D eigenvalue weighted by Crippen LogP contribution is 2.59. The van der Waals surface area contributed by atoms with Gasteiger partial charge in [0.05, 0.1) is 6.20 Å². The van der Waals surface area contributed by atoms with Crippen LogP contribution >= 0.6 is 0 Å². The summed E-state index contributed by atoms with van der Waals surface area (Å²) in [7, 11) is 0. The van der Waals surface area contributed by atoms with E-state index in [1.54, 1.807) is 0 Å². The summed E-state index contributed by atoms with van der Waals surface area (Å²) in [6.07, 6.45) is 9.99. The number of piperidine rings is 1. The number of fused-ring (bicyclic) bond motifs is 1. The Labute approximate surface area is 102 Å². The lowest BCUT2D eigenvalue weighted by Crippen LogP contribution is -2.58. The summed E-state index contributed by atoms with van der Waals surface area (Å²) in [6, 6.07) is 2.11. The summed E-state index contributed by atoms with van der Waals surface area (Å²) in [5.41, 5.74) is 2.06. The lowest BCUT2D eigenvalue weighted by atomic mass is 9.54. The van der Waals surface area contributed by atoms with E-state index < -0.39 is 0 Å². The Morgan fingerprint density at radius 1 is 1.24 bits per heavy atom. The molecular formula is C14H18N2O. The largest absolute Gasteiger partial charge is 0.485 e. The van der Waals surface area contributed by atoms with E-state index in [0.29, 0.717) is 5.41 Å². The molecule has 17 heavy (non-hydrogen) atoms. The number of hydrogen-bond acceptors (Lipinski definition) is 3. The zero-order valence-electron chi connectivity index (χ0n) is 10.0. The second-order valence-electron chi connectivity index (χ2n) is 6.05. The summed E-state index contributed by atoms with van der Waals surface area (Å²) < 4.78 is 6.18. The maximum atomic E-state index is 6.18. The lowest BCUT2D eigenvalue weighted by molar-refractivity contribution is -0.108. The lowest BCUT2D eigenvalue weighted by Gasteiger charge is -2.55. The Bertz CT molecular complexity index is 416. The Kier molecular flexibility index (Phi) is 1.88. The molecule has 2 fully saturated rings. The van der Waals surface area contributed by atoms with Gasteiger partial charge in [0.2, 0.25) is 0 Å². The SMILES string of the molecule is c1cc2c(cn1)OC1(C2)CC2(CCNCC2)C1. The highest BCUT2D eigenvalue weighted by molar-refractivity contribution is 5.38. The average molecular weight is 230 g/mol. The first-order valence-electron chi connectivity index (χ1n) is 6.62. The Morgan fingerprint density at radius 3 is 2.82 bits per heavy atom. The fourth-order valence-electron chi connectivity index (χ4n) is 4.09. The van der Waals surface area contributed by atoms with Gasteiger partial charge in [-0.3, -0.25) is 4.98 Å². The quantitative estimate of drug-likeness (QED) is 0.739. The average Bonchev–Trinajstić information content (AvgIpc) is 2.67. The van der Waals surface area contributed by atoms with Gasteiger partial charge in [0.1, 0.15) is 11.4 Å². The molecular weight excluding hydrogens is 212 g/mol. The van der Waals surface area contributed by atoms with E-state index in [-0.39, 0.29) is 5.60 Å². The van der Waals surface area contributed by atoms with Crippen LogP contribution in [0.4, 0.5) is 0 Å². The van der Waals surface area contributed by atoms with Crippen molar-refractivity contribution in [2.45, 2.75) is 37.7 Å². The van der Waals surface area contributed by atoms with Gasteiger partial charge in [0, 0.05) is 18.2 Å². The third-order valence-corrected chi connectivity index (χ3v) is 4.77. The summed E-state index contributed by atoms with van der Waals surface area (Å²) >= 11 is 0. The first kappa shape index (κ1) is 9.89. The molecule has 1 aliphatic carbocycles. The van der Waals surface area contributed by atoms with Crippen LogP contribution in [0.25, 0.3) is 0 Å². The van der Waals surface area contributed by atoms with Gasteiger partial charge in [0.15, 0.2) is 0 Å². The van der Waals surface area contributed by atoms with Crippen molar-refractivity contribution in [2.75, 3.05) is 13.1 Å². The van der Waals surface area contributed by atoms with E-state index in [2.05, 4.69) is 16.4 Å². The molecule has 90 valence electrons. The van der Waals surface area contributed by atoms with E-state index in [1.807, 2.05) is 12.4 Å². The van der Waals surface area contributed by atoms with Crippen LogP contribution in [-0.4, -0.2) is 23.7 Å². The number of nitrogens with zero attached hydrogens (tertiary/aromatic N) is 1. The molecule has 3 heteroatoms. The third kappa shape index (κ3) is 1.41. The van der Waals surface area contributed by atoms with Crippen molar-refractivity contribution in [2.24, 2.45) is 5.41 Å². The molecule has 1 N–H and O–H groups in total. The zero-order valence-corrected chi connectivity index (χ0v) is 10.0. The minimum absolute atomic E-state index is 0.128. The van der Waals surface area contributed by atoms with E-state index >= 15 is 0 Å². The molecule has 0 bridgehead atoms. The fraction of sp³-hybridized carbons (Fsp3) is 0.643. The second kappa shape index (κ2) is 3.22. The van der Waals surface area contributed by atoms with Crippen LogP contribution in [0.15, 0.2) is 18.5 Å². The van der Waals surface area contributed by atoms with Crippen molar-refractivity contribution in [3.05, 3.63) is 24.0 Å². The maximum absolute atomic E-state index is 6.18. The van der Waals surface area contributed by atoms with Gasteiger partial charge in [0.25, 0.3) is 0 Å². The minimum atomic E-state index is 0.128. The highest BCUT2D eigenvalue weighted by atomic mass is 16.5. The fourth-order valence-corrected chi connectivity index (χ4v) is 4.09. The topological polar surface area (TPSA) is 34.1 Å². The van der Waals surface area contributed by atoms with Gasteiger partial charge in [-0.1, -0.05) is 0 Å². The van der Waals surface area contributed by atoms with E-state index in [0.717, 1.165) is 12.2 Å². The van der Waals surface area contributed by atoms with Gasteiger partial charge in [-0.25, -0.2) is 0 Å². The summed E-state index contributed by atoms with van der Waals surface area (Å²) in [4.78, 5) is 4.15. The smallest absolute Gasteiger partial charge is 0.141 e. The van der Waals surface area contributed by atoms with Crippen molar-refractivity contribution < 1.29 is 4.74 Å². The molecule has 2 spiro atoms. The van der Waals surface area contributed by atoms with Crippen molar-refractivity contribution in [1.29, 1.82) is 0 Å². The Morgan fingerprint density at radius 2 is 2.06 bits per heavy atom. The second-order valence-corrected chi connectivity index (χ2v) is 6.05. The molecule has 0 atom stereocenters. The molecule has 1 aromatic rings. The Hall–Kier alpha value is -1.09. The highest BCUT2D eigenvalue weighted by Gasteiger charge is 2.58. The molecule has 0 aromatic carbocycles. The molecule has 3 aliphatic rings. The van der Waals surface area contributed by atoms with Crippen molar-refractivity contribution in [3.8, 4) is 5.75 Å². The van der Waals surface area contributed by atoms with Crippen LogP contribution in [0, 0.1) is 5.41 Å². The van der Waals surface area contributed by atoms with Crippen molar-refractivity contribution >= 4 is 0 Å². The minimum Gasteiger partial charge on any atom is -0.485 e. The van der Waals surface area contributed by atoms with E-state index in [9.17, 15) is 0 Å². The van der Waals surface area contributed by atoms with Gasteiger partial charge < -0.3 is 10.1 Å². The van der Waals surface area contributed by atoms with E-state index in [1.165, 1.54) is 44.3 Å². The van der Waals surface area contributed by atoms with Crippen LogP contribution in [0.3, 0.4) is 0 Å². The molecule has 3 nitrogen and oxygen atoms in total. The van der Waals surface area contributed by atoms with Crippen molar-refractivity contribution in [3.63, 3.8) is 0 Å². The molecule has 2 aliphatic heterocycles. The van der Waals surface area contributed by atoms with Crippen LogP contribution < -0.4 is 10.1 Å². The molecule has 0 radical (unpaired) electrons. The van der Waals surface area contributed by atoms with Crippen LogP contribution in [0.1, 0.15) is 31.2 Å². The number of hydrogen-bond donors (Lipinski definition) is 1. The van der Waals surface area contributed by atoms with Crippen molar-refractivity contribution in [1.82, 2.24) is 10.3 Å². The maximum Gasteiger partial charge on any atom is 0.141 e. The predicted octanol–water partition coefficient (Wildman–Crippen LogP) is 1.92. The number of pyridine rings is 1. The number of nitrogens with one attached hydrogen (secondary N) is 1. The molecule has 1 aromatic heterocycles. The molecule has 0 unspecified atom stereocenters. The summed E-state index contributed by atoms with van der Waals surface area (Å²) in [5.74, 6) is 1.02. The number of ether oxygens (including phenoxy) is 1. The number of rotatable bonds is 0. The molecule has 1 saturated carbocycles. The first-order valence-corrected chi connectivity index (χ1v) is 6.62. The standard InChI is InChI=1S/C14H18N2O/c1-4-16-8-12-11(1)7-14(17-12)9-13(10-14)2-5-15-6-3-13/h1,4,8,15H,2-3,5-7,9-10H2. The van der Waals surface area contributed by atoms with Gasteiger partial charge >= 0.3 is 0 Å². The summed E-state index contributed by atoms with van der Waals surface area (Å²) in [5, 5.41) is 3.45. The summed E-state index contributed by atoms with van der Waals surface area (Å²) in [6.45, 7) is 2.37. The van der Waals surface area contributed by atoms with Gasteiger partial charge in [-0.2, -0.15) is 0 Å². The van der Waals surface area contributed by atoms with Crippen LogP contribution in [-0.2, 0) is 6.42 Å².